The van der Waals surface area contributed by atoms with Gasteiger partial charge in [-0.3, -0.25) is 4.79 Å². The third-order valence-electron chi connectivity index (χ3n) is 2.28. The summed E-state index contributed by atoms with van der Waals surface area (Å²) >= 11 is 9.30. The SMILES string of the molecule is NC(=O)c1c(Cl)cccc1Oc1ccccc1Br. The lowest BCUT2D eigenvalue weighted by Crippen LogP contribution is -2.13. The van der Waals surface area contributed by atoms with E-state index in [1.165, 1.54) is 0 Å². The predicted molar refractivity (Wildman–Crippen MR) is 74.2 cm³/mol. The molecule has 0 saturated heterocycles. The molecule has 0 aliphatic carbocycles. The molecule has 2 aromatic carbocycles. The summed E-state index contributed by atoms with van der Waals surface area (Å²) in [4.78, 5) is 11.4. The van der Waals surface area contributed by atoms with E-state index in [2.05, 4.69) is 15.9 Å². The van der Waals surface area contributed by atoms with Gasteiger partial charge >= 0.3 is 0 Å². The van der Waals surface area contributed by atoms with E-state index in [4.69, 9.17) is 22.1 Å². The highest BCUT2D eigenvalue weighted by Gasteiger charge is 2.15. The quantitative estimate of drug-likeness (QED) is 0.927. The van der Waals surface area contributed by atoms with E-state index in [1.54, 1.807) is 24.3 Å². The van der Waals surface area contributed by atoms with Crippen molar-refractivity contribution in [3.05, 3.63) is 57.5 Å². The number of rotatable bonds is 3. The molecule has 2 rings (SSSR count). The number of carbonyl (C=O) groups excluding carboxylic acids is 1. The van der Waals surface area contributed by atoms with Crippen molar-refractivity contribution in [1.29, 1.82) is 0 Å². The zero-order chi connectivity index (χ0) is 13.1. The summed E-state index contributed by atoms with van der Waals surface area (Å²) < 4.78 is 6.43. The Morgan fingerprint density at radius 1 is 1.11 bits per heavy atom. The molecule has 0 aliphatic rings. The largest absolute Gasteiger partial charge is 0.455 e. The first-order valence-electron chi connectivity index (χ1n) is 5.10. The third kappa shape index (κ3) is 2.66. The molecule has 0 radical (unpaired) electrons. The zero-order valence-corrected chi connectivity index (χ0v) is 11.5. The van der Waals surface area contributed by atoms with Gasteiger partial charge < -0.3 is 10.5 Å². The van der Waals surface area contributed by atoms with Gasteiger partial charge in [-0.1, -0.05) is 29.8 Å². The molecule has 0 unspecified atom stereocenters. The highest BCUT2D eigenvalue weighted by molar-refractivity contribution is 9.10. The summed E-state index contributed by atoms with van der Waals surface area (Å²) in [6, 6.07) is 12.2. The molecule has 0 heterocycles. The Balaban J connectivity index is 2.44. The second-order valence-electron chi connectivity index (χ2n) is 3.51. The minimum atomic E-state index is -0.623. The van der Waals surface area contributed by atoms with E-state index < -0.39 is 5.91 Å². The van der Waals surface area contributed by atoms with Crippen LogP contribution >= 0.6 is 27.5 Å². The zero-order valence-electron chi connectivity index (χ0n) is 9.19. The fourth-order valence-corrected chi connectivity index (χ4v) is 2.10. The van der Waals surface area contributed by atoms with E-state index in [-0.39, 0.29) is 10.6 Å². The van der Waals surface area contributed by atoms with Crippen LogP contribution in [0.15, 0.2) is 46.9 Å². The Bertz CT molecular complexity index is 601. The minimum Gasteiger partial charge on any atom is -0.455 e. The number of halogens is 2. The standard InChI is InChI=1S/C13H9BrClNO2/c14-8-4-1-2-6-10(8)18-11-7-3-5-9(15)12(11)13(16)17/h1-7H,(H2,16,17). The monoisotopic (exact) mass is 325 g/mol. The lowest BCUT2D eigenvalue weighted by molar-refractivity contribution is 0.0998. The number of benzene rings is 2. The summed E-state index contributed by atoms with van der Waals surface area (Å²) in [6.45, 7) is 0. The van der Waals surface area contributed by atoms with Gasteiger partial charge in [-0.15, -0.1) is 0 Å². The lowest BCUT2D eigenvalue weighted by Gasteiger charge is -2.11. The summed E-state index contributed by atoms with van der Waals surface area (Å²) in [6.07, 6.45) is 0. The normalized spacial score (nSPS) is 10.1. The number of hydrogen-bond donors (Lipinski definition) is 1. The Hall–Kier alpha value is -1.52. The van der Waals surface area contributed by atoms with Gasteiger partial charge in [0.05, 0.1) is 9.50 Å². The topological polar surface area (TPSA) is 52.3 Å². The maximum absolute atomic E-state index is 11.4. The molecule has 3 nitrogen and oxygen atoms in total. The molecule has 5 heteroatoms. The molecule has 0 bridgehead atoms. The van der Waals surface area contributed by atoms with Crippen LogP contribution in [0.2, 0.25) is 5.02 Å². The number of amides is 1. The van der Waals surface area contributed by atoms with Crippen molar-refractivity contribution < 1.29 is 9.53 Å². The molecule has 92 valence electrons. The molecule has 0 aromatic heterocycles. The third-order valence-corrected chi connectivity index (χ3v) is 3.25. The maximum atomic E-state index is 11.4. The van der Waals surface area contributed by atoms with Crippen LogP contribution in [0.5, 0.6) is 11.5 Å². The summed E-state index contributed by atoms with van der Waals surface area (Å²) in [7, 11) is 0. The van der Waals surface area contributed by atoms with Crippen molar-refractivity contribution in [2.45, 2.75) is 0 Å². The van der Waals surface area contributed by atoms with E-state index in [0.29, 0.717) is 11.5 Å². The molecule has 2 N–H and O–H groups in total. The van der Waals surface area contributed by atoms with Gasteiger partial charge in [0, 0.05) is 0 Å². The van der Waals surface area contributed by atoms with Gasteiger partial charge in [-0.2, -0.15) is 0 Å². The smallest absolute Gasteiger partial charge is 0.254 e. The van der Waals surface area contributed by atoms with E-state index in [0.717, 1.165) is 4.47 Å². The van der Waals surface area contributed by atoms with Crippen molar-refractivity contribution in [3.63, 3.8) is 0 Å². The van der Waals surface area contributed by atoms with Gasteiger partial charge in [0.15, 0.2) is 0 Å². The Morgan fingerprint density at radius 2 is 1.78 bits per heavy atom. The number of para-hydroxylation sites is 1. The van der Waals surface area contributed by atoms with Crippen LogP contribution in [-0.4, -0.2) is 5.91 Å². The molecule has 0 saturated carbocycles. The highest BCUT2D eigenvalue weighted by atomic mass is 79.9. The van der Waals surface area contributed by atoms with Crippen molar-refractivity contribution >= 4 is 33.4 Å². The molecule has 18 heavy (non-hydrogen) atoms. The van der Waals surface area contributed by atoms with Crippen LogP contribution in [-0.2, 0) is 0 Å². The van der Waals surface area contributed by atoms with Crippen molar-refractivity contribution in [2.24, 2.45) is 5.73 Å². The summed E-state index contributed by atoms with van der Waals surface area (Å²) in [5, 5.41) is 0.270. The molecule has 1 amide bonds. The first-order valence-corrected chi connectivity index (χ1v) is 6.27. The molecular formula is C13H9BrClNO2. The average Bonchev–Trinajstić information content (AvgIpc) is 2.31. The van der Waals surface area contributed by atoms with E-state index in [1.807, 2.05) is 18.2 Å². The van der Waals surface area contributed by atoms with Crippen LogP contribution in [0, 0.1) is 0 Å². The van der Waals surface area contributed by atoms with Crippen LogP contribution < -0.4 is 10.5 Å². The molecule has 0 aliphatic heterocycles. The summed E-state index contributed by atoms with van der Waals surface area (Å²) in [5.41, 5.74) is 5.47. The van der Waals surface area contributed by atoms with Crippen LogP contribution in [0.3, 0.4) is 0 Å². The number of hydrogen-bond acceptors (Lipinski definition) is 2. The fourth-order valence-electron chi connectivity index (χ4n) is 1.47. The van der Waals surface area contributed by atoms with E-state index >= 15 is 0 Å². The van der Waals surface area contributed by atoms with Crippen LogP contribution in [0.25, 0.3) is 0 Å². The molecule has 0 fully saturated rings. The molecule has 0 atom stereocenters. The van der Waals surface area contributed by atoms with E-state index in [9.17, 15) is 4.79 Å². The van der Waals surface area contributed by atoms with Crippen molar-refractivity contribution in [1.82, 2.24) is 0 Å². The number of nitrogens with two attached hydrogens (primary N) is 1. The molecule has 0 spiro atoms. The van der Waals surface area contributed by atoms with Gasteiger partial charge in [0.2, 0.25) is 0 Å². The first kappa shape index (κ1) is 12.9. The summed E-state index contributed by atoms with van der Waals surface area (Å²) in [5.74, 6) is 0.298. The highest BCUT2D eigenvalue weighted by Crippen LogP contribution is 2.33. The minimum absolute atomic E-state index is 0.176. The van der Waals surface area contributed by atoms with Crippen molar-refractivity contribution in [2.75, 3.05) is 0 Å². The van der Waals surface area contributed by atoms with Gasteiger partial charge in [-0.25, -0.2) is 0 Å². The lowest BCUT2D eigenvalue weighted by atomic mass is 10.2. The second kappa shape index (κ2) is 5.42. The average molecular weight is 327 g/mol. The number of primary amides is 1. The van der Waals surface area contributed by atoms with Gasteiger partial charge in [0.1, 0.15) is 17.1 Å². The second-order valence-corrected chi connectivity index (χ2v) is 4.77. The number of ether oxygens (including phenoxy) is 1. The van der Waals surface area contributed by atoms with Crippen molar-refractivity contribution in [3.8, 4) is 11.5 Å². The first-order chi connectivity index (χ1) is 8.59. The number of carbonyl (C=O) groups is 1. The maximum Gasteiger partial charge on any atom is 0.254 e. The van der Waals surface area contributed by atoms with Gasteiger partial charge in [-0.05, 0) is 40.2 Å². The predicted octanol–water partition coefficient (Wildman–Crippen LogP) is 3.99. The van der Waals surface area contributed by atoms with Crippen LogP contribution in [0.4, 0.5) is 0 Å². The Morgan fingerprint density at radius 3 is 2.44 bits per heavy atom. The molecular weight excluding hydrogens is 318 g/mol. The fraction of sp³-hybridized carbons (Fsp3) is 0. The Kier molecular flexibility index (Phi) is 3.89. The van der Waals surface area contributed by atoms with Crippen LogP contribution in [0.1, 0.15) is 10.4 Å². The molecule has 2 aromatic rings. The Labute approximate surface area is 118 Å². The van der Waals surface area contributed by atoms with Gasteiger partial charge in [0.25, 0.3) is 5.91 Å².